The summed E-state index contributed by atoms with van der Waals surface area (Å²) in [6.45, 7) is 11.4. The van der Waals surface area contributed by atoms with Crippen LogP contribution in [0.4, 0.5) is 0 Å². The highest BCUT2D eigenvalue weighted by atomic mass is 32.1. The zero-order chi connectivity index (χ0) is 6.99. The van der Waals surface area contributed by atoms with Crippen LogP contribution in [0.25, 0.3) is 0 Å². The number of allylic oxidation sites excluding steroid dienone is 2. The summed E-state index contributed by atoms with van der Waals surface area (Å²) in [5, 5.41) is 0. The minimum absolute atomic E-state index is 0.926. The van der Waals surface area contributed by atoms with Crippen LogP contribution in [0.5, 0.6) is 0 Å². The Kier molecular flexibility index (Phi) is 12.8. The van der Waals surface area contributed by atoms with Gasteiger partial charge in [0.25, 0.3) is 0 Å². The van der Waals surface area contributed by atoms with E-state index < -0.39 is 0 Å². The summed E-state index contributed by atoms with van der Waals surface area (Å²) in [5.74, 6) is 0. The first-order chi connectivity index (χ1) is 3.81. The number of hydrogen-bond donors (Lipinski definition) is 1. The highest BCUT2D eigenvalue weighted by molar-refractivity contribution is 7.84. The van der Waals surface area contributed by atoms with Gasteiger partial charge in [-0.3, -0.25) is 0 Å². The smallest absolute Gasteiger partial charge is 0.000867 e. The molecule has 0 heterocycles. The Balaban J connectivity index is 0. The molecular formula is C7H12S. The molecule has 0 aliphatic heterocycles. The van der Waals surface area contributed by atoms with Crippen molar-refractivity contribution in [3.63, 3.8) is 0 Å². The molecule has 0 fully saturated rings. The topological polar surface area (TPSA) is 0 Å². The first-order valence-electron chi connectivity index (χ1n) is 2.29. The van der Waals surface area contributed by atoms with Crippen molar-refractivity contribution in [3.8, 4) is 0 Å². The minimum Gasteiger partial charge on any atom is -0.144 e. The Hall–Kier alpha value is -0.430. The van der Waals surface area contributed by atoms with Gasteiger partial charge in [0.15, 0.2) is 0 Å². The van der Waals surface area contributed by atoms with Crippen molar-refractivity contribution in [2.75, 3.05) is 0 Å². The van der Waals surface area contributed by atoms with Crippen LogP contribution in [-0.2, 0) is 0 Å². The van der Waals surface area contributed by atoms with Crippen LogP contribution in [0.15, 0.2) is 36.8 Å². The molecule has 0 spiro atoms. The molecule has 0 radical (unpaired) electrons. The van der Waals surface area contributed by atoms with E-state index in [1.807, 2.05) is 13.0 Å². The molecular weight excluding hydrogens is 116 g/mol. The zero-order valence-electron chi connectivity index (χ0n) is 5.22. The van der Waals surface area contributed by atoms with E-state index in [4.69, 9.17) is 0 Å². The van der Waals surface area contributed by atoms with Crippen molar-refractivity contribution in [1.29, 1.82) is 0 Å². The Morgan fingerprint density at radius 1 is 1.50 bits per heavy atom. The van der Waals surface area contributed by atoms with E-state index in [0.29, 0.717) is 0 Å². The van der Waals surface area contributed by atoms with Crippen molar-refractivity contribution < 1.29 is 0 Å². The molecule has 0 amide bonds. The summed E-state index contributed by atoms with van der Waals surface area (Å²) in [5.41, 5.74) is 0. The molecule has 0 unspecified atom stereocenters. The van der Waals surface area contributed by atoms with Crippen LogP contribution in [0, 0.1) is 0 Å². The molecule has 0 aromatic carbocycles. The first-order valence-corrected chi connectivity index (χ1v) is 2.73. The molecule has 1 heteroatoms. The molecule has 0 saturated carbocycles. The Morgan fingerprint density at radius 2 is 1.88 bits per heavy atom. The van der Waals surface area contributed by atoms with Gasteiger partial charge >= 0.3 is 0 Å². The molecule has 0 bridgehead atoms. The van der Waals surface area contributed by atoms with Gasteiger partial charge in [-0.2, -0.15) is 0 Å². The summed E-state index contributed by atoms with van der Waals surface area (Å²) in [7, 11) is 0. The molecule has 0 saturated heterocycles. The van der Waals surface area contributed by atoms with Crippen molar-refractivity contribution in [2.24, 2.45) is 0 Å². The maximum atomic E-state index is 3.97. The lowest BCUT2D eigenvalue weighted by Crippen LogP contribution is -1.51. The van der Waals surface area contributed by atoms with E-state index in [1.165, 1.54) is 0 Å². The molecule has 0 N–H and O–H groups in total. The van der Waals surface area contributed by atoms with Crippen molar-refractivity contribution in [3.05, 3.63) is 36.8 Å². The Bertz CT molecular complexity index is 82.4. The molecule has 0 rings (SSSR count). The van der Waals surface area contributed by atoms with Crippen LogP contribution >= 0.6 is 12.6 Å². The summed E-state index contributed by atoms with van der Waals surface area (Å²) in [6, 6.07) is 0. The highest BCUT2D eigenvalue weighted by Gasteiger charge is 1.67. The first kappa shape index (κ1) is 10.5. The molecule has 0 aliphatic carbocycles. The van der Waals surface area contributed by atoms with Gasteiger partial charge in [0, 0.05) is 0 Å². The third kappa shape index (κ3) is 9.13. The lowest BCUT2D eigenvalue weighted by Gasteiger charge is -1.77. The van der Waals surface area contributed by atoms with Crippen molar-refractivity contribution in [1.82, 2.24) is 0 Å². The monoisotopic (exact) mass is 128 g/mol. The van der Waals surface area contributed by atoms with E-state index in [2.05, 4.69) is 32.4 Å². The largest absolute Gasteiger partial charge is 0.144 e. The summed E-state index contributed by atoms with van der Waals surface area (Å²) >= 11 is 3.97. The van der Waals surface area contributed by atoms with Gasteiger partial charge < -0.3 is 0 Å². The van der Waals surface area contributed by atoms with E-state index >= 15 is 0 Å². The van der Waals surface area contributed by atoms with Gasteiger partial charge in [-0.25, -0.2) is 0 Å². The van der Waals surface area contributed by atoms with Crippen LogP contribution < -0.4 is 0 Å². The van der Waals surface area contributed by atoms with Crippen LogP contribution in [-0.4, -0.2) is 0 Å². The maximum absolute atomic E-state index is 3.97. The third-order valence-corrected chi connectivity index (χ3v) is 0.946. The highest BCUT2D eigenvalue weighted by Crippen LogP contribution is 1.97. The summed E-state index contributed by atoms with van der Waals surface area (Å²) in [4.78, 5) is 0.926. The quantitative estimate of drug-likeness (QED) is 0.313. The fourth-order valence-corrected chi connectivity index (χ4v) is 0.118. The average molecular weight is 128 g/mol. The predicted octanol–water partition coefficient (Wildman–Crippen LogP) is 2.81. The third-order valence-electron chi connectivity index (χ3n) is 0.505. The molecule has 46 valence electrons. The Morgan fingerprint density at radius 3 is 1.88 bits per heavy atom. The molecule has 0 nitrogen and oxygen atoms in total. The second-order valence-electron chi connectivity index (χ2n) is 0.918. The van der Waals surface area contributed by atoms with Crippen molar-refractivity contribution >= 4 is 12.6 Å². The number of thiol groups is 1. The minimum atomic E-state index is 0.926. The molecule has 0 atom stereocenters. The SMILES string of the molecule is C=C.C=C/C(S)=C\C. The van der Waals surface area contributed by atoms with Gasteiger partial charge in [-0.05, 0) is 11.8 Å². The van der Waals surface area contributed by atoms with Gasteiger partial charge in [0.2, 0.25) is 0 Å². The molecule has 0 aliphatic rings. The van der Waals surface area contributed by atoms with Gasteiger partial charge in [-0.1, -0.05) is 18.7 Å². The number of rotatable bonds is 1. The lowest BCUT2D eigenvalue weighted by molar-refractivity contribution is 1.72. The molecule has 8 heavy (non-hydrogen) atoms. The standard InChI is InChI=1S/C5H8S.C2H4/c1-3-5(6)4-2;1-2/h3-4,6H,1H2,2H3;1-2H2/b5-4+;. The van der Waals surface area contributed by atoms with E-state index in [-0.39, 0.29) is 0 Å². The molecule has 0 aromatic rings. The van der Waals surface area contributed by atoms with Gasteiger partial charge in [-0.15, -0.1) is 25.8 Å². The normalized spacial score (nSPS) is 9.00. The lowest BCUT2D eigenvalue weighted by atomic mass is 10.5. The summed E-state index contributed by atoms with van der Waals surface area (Å²) < 4.78 is 0. The van der Waals surface area contributed by atoms with Crippen LogP contribution in [0.2, 0.25) is 0 Å². The van der Waals surface area contributed by atoms with E-state index in [0.717, 1.165) is 4.91 Å². The van der Waals surface area contributed by atoms with Crippen LogP contribution in [0.1, 0.15) is 6.92 Å². The van der Waals surface area contributed by atoms with Gasteiger partial charge in [0.05, 0.1) is 0 Å². The second kappa shape index (κ2) is 9.76. The second-order valence-corrected chi connectivity index (χ2v) is 1.43. The fourth-order valence-electron chi connectivity index (χ4n) is 0.118. The molecule has 0 aromatic heterocycles. The van der Waals surface area contributed by atoms with Crippen LogP contribution in [0.3, 0.4) is 0 Å². The number of hydrogen-bond acceptors (Lipinski definition) is 1. The van der Waals surface area contributed by atoms with Gasteiger partial charge in [0.1, 0.15) is 0 Å². The Labute approximate surface area is 57.0 Å². The maximum Gasteiger partial charge on any atom is -0.000867 e. The fraction of sp³-hybridized carbons (Fsp3) is 0.143. The van der Waals surface area contributed by atoms with Crippen molar-refractivity contribution in [2.45, 2.75) is 6.92 Å². The average Bonchev–Trinajstić information content (AvgIpc) is 1.91. The summed E-state index contributed by atoms with van der Waals surface area (Å²) in [6.07, 6.45) is 3.58. The predicted molar refractivity (Wildman–Crippen MR) is 44.2 cm³/mol. The zero-order valence-corrected chi connectivity index (χ0v) is 6.12. The van der Waals surface area contributed by atoms with E-state index in [9.17, 15) is 0 Å². The van der Waals surface area contributed by atoms with E-state index in [1.54, 1.807) is 6.08 Å².